The number of rotatable bonds is 13. The number of ether oxygens (including phenoxy) is 3. The SMILES string of the molecule is COc1cc(F)c(OC2CCC(C)(C(=O)OCc3cccc4ccccc34)CC2)cc1C(=O)N[C@H]1[C@@H](C(=O)NCC(C2CCC2)C2CC2)[C@H]2C=C[C@@H]1C2. The molecule has 3 aromatic carbocycles. The van der Waals surface area contributed by atoms with Crippen LogP contribution in [0.3, 0.4) is 0 Å². The van der Waals surface area contributed by atoms with E-state index in [-0.39, 0.29) is 65.4 Å². The Morgan fingerprint density at radius 1 is 0.906 bits per heavy atom. The maximum Gasteiger partial charge on any atom is 0.312 e. The molecule has 0 aliphatic heterocycles. The first-order chi connectivity index (χ1) is 25.7. The van der Waals surface area contributed by atoms with E-state index in [9.17, 15) is 14.4 Å². The van der Waals surface area contributed by atoms with Crippen molar-refractivity contribution in [2.45, 2.75) is 89.9 Å². The number of esters is 1. The molecule has 5 aliphatic rings. The van der Waals surface area contributed by atoms with E-state index in [0.29, 0.717) is 38.1 Å². The molecule has 5 atom stereocenters. The maximum atomic E-state index is 15.4. The molecular formula is C44H51FN2O6. The quantitative estimate of drug-likeness (QED) is 0.137. The van der Waals surface area contributed by atoms with Crippen LogP contribution in [0.2, 0.25) is 0 Å². The fourth-order valence-corrected chi connectivity index (χ4v) is 9.49. The van der Waals surface area contributed by atoms with Crippen molar-refractivity contribution in [1.29, 1.82) is 0 Å². The van der Waals surface area contributed by atoms with E-state index in [0.717, 1.165) is 34.6 Å². The van der Waals surface area contributed by atoms with E-state index in [2.05, 4.69) is 22.8 Å². The van der Waals surface area contributed by atoms with Crippen LogP contribution in [0.25, 0.3) is 10.8 Å². The molecule has 8 nitrogen and oxygen atoms in total. The van der Waals surface area contributed by atoms with Gasteiger partial charge in [-0.25, -0.2) is 4.39 Å². The summed E-state index contributed by atoms with van der Waals surface area (Å²) in [6, 6.07) is 16.3. The van der Waals surface area contributed by atoms with Crippen molar-refractivity contribution in [1.82, 2.24) is 10.6 Å². The smallest absolute Gasteiger partial charge is 0.312 e. The van der Waals surface area contributed by atoms with Crippen LogP contribution in [0.15, 0.2) is 66.7 Å². The molecular weight excluding hydrogens is 671 g/mol. The topological polar surface area (TPSA) is 103 Å². The van der Waals surface area contributed by atoms with Crippen molar-refractivity contribution in [2.75, 3.05) is 13.7 Å². The molecule has 53 heavy (non-hydrogen) atoms. The van der Waals surface area contributed by atoms with Crippen LogP contribution in [-0.2, 0) is 20.9 Å². The van der Waals surface area contributed by atoms with Gasteiger partial charge >= 0.3 is 5.97 Å². The van der Waals surface area contributed by atoms with Gasteiger partial charge in [0.2, 0.25) is 5.91 Å². The zero-order valence-corrected chi connectivity index (χ0v) is 30.8. The Bertz CT molecular complexity index is 1890. The van der Waals surface area contributed by atoms with Crippen LogP contribution in [0, 0.1) is 46.7 Å². The number of benzene rings is 3. The molecule has 0 heterocycles. The zero-order valence-electron chi connectivity index (χ0n) is 30.8. The highest BCUT2D eigenvalue weighted by atomic mass is 19.1. The van der Waals surface area contributed by atoms with E-state index in [1.807, 2.05) is 49.4 Å². The van der Waals surface area contributed by atoms with Gasteiger partial charge in [-0.05, 0) is 104 Å². The second-order valence-corrected chi connectivity index (χ2v) is 16.5. The van der Waals surface area contributed by atoms with Gasteiger partial charge in [-0.15, -0.1) is 0 Å². The standard InChI is InChI=1S/C44H51FN2O6/c1-44(43(50)52-25-31-11-6-8-26-7-3-4-12-33(26)31)19-17-32(18-20-44)53-38-22-34(37(51-2)23-36(38)45)41(48)47-40-30-16-15-29(21-30)39(40)42(49)46-24-35(28-13-14-28)27-9-5-10-27/h3-4,6-8,11-12,15-16,22-23,27-30,32,35,39-40H,5,9-10,13-14,17-21,24-25H2,1-2H3,(H,46,49)(H,47,48)/t29-,30+,32?,35?,39-,40+,44?/m0/s1. The van der Waals surface area contributed by atoms with Crippen LogP contribution in [0.4, 0.5) is 4.39 Å². The van der Waals surface area contributed by atoms with Gasteiger partial charge in [0.1, 0.15) is 12.4 Å². The Morgan fingerprint density at radius 3 is 2.38 bits per heavy atom. The van der Waals surface area contributed by atoms with Crippen molar-refractivity contribution in [3.63, 3.8) is 0 Å². The molecule has 2 N–H and O–H groups in total. The van der Waals surface area contributed by atoms with Gasteiger partial charge in [-0.1, -0.05) is 73.9 Å². The zero-order chi connectivity index (χ0) is 36.7. The minimum absolute atomic E-state index is 0.00829. The summed E-state index contributed by atoms with van der Waals surface area (Å²) in [5.74, 6) is 0.577. The second kappa shape index (κ2) is 14.8. The molecule has 0 saturated heterocycles. The second-order valence-electron chi connectivity index (χ2n) is 16.5. The average Bonchev–Trinajstić information content (AvgIpc) is 3.79. The summed E-state index contributed by atoms with van der Waals surface area (Å²) in [7, 11) is 1.41. The number of carbonyl (C=O) groups is 3. The van der Waals surface area contributed by atoms with E-state index in [1.165, 1.54) is 51.3 Å². The molecule has 0 aromatic heterocycles. The fourth-order valence-electron chi connectivity index (χ4n) is 9.49. The summed E-state index contributed by atoms with van der Waals surface area (Å²) in [6.07, 6.45) is 13.2. The number of hydrogen-bond acceptors (Lipinski definition) is 6. The number of hydrogen-bond donors (Lipinski definition) is 2. The van der Waals surface area contributed by atoms with E-state index >= 15 is 4.39 Å². The minimum Gasteiger partial charge on any atom is -0.496 e. The van der Waals surface area contributed by atoms with Crippen LogP contribution in [0.5, 0.6) is 11.5 Å². The van der Waals surface area contributed by atoms with Crippen molar-refractivity contribution in [3.8, 4) is 11.5 Å². The number of methoxy groups -OCH3 is 1. The third-order valence-electron chi connectivity index (χ3n) is 13.1. The number of fused-ring (bicyclic) bond motifs is 3. The van der Waals surface area contributed by atoms with Crippen molar-refractivity contribution in [3.05, 3.63) is 83.7 Å². The number of carbonyl (C=O) groups excluding carboxylic acids is 3. The van der Waals surface area contributed by atoms with Crippen molar-refractivity contribution >= 4 is 28.6 Å². The largest absolute Gasteiger partial charge is 0.496 e. The van der Waals surface area contributed by atoms with Gasteiger partial charge < -0.3 is 24.8 Å². The van der Waals surface area contributed by atoms with Gasteiger partial charge in [0.15, 0.2) is 11.6 Å². The van der Waals surface area contributed by atoms with Gasteiger partial charge in [0, 0.05) is 18.7 Å². The lowest BCUT2D eigenvalue weighted by molar-refractivity contribution is -0.159. The molecule has 9 heteroatoms. The first-order valence-electron chi connectivity index (χ1n) is 19.7. The van der Waals surface area contributed by atoms with Gasteiger partial charge in [0.05, 0.1) is 30.1 Å². The molecule has 4 fully saturated rings. The van der Waals surface area contributed by atoms with Gasteiger partial charge in [-0.2, -0.15) is 0 Å². The van der Waals surface area contributed by atoms with Gasteiger partial charge in [-0.3, -0.25) is 14.4 Å². The van der Waals surface area contributed by atoms with Crippen molar-refractivity contribution < 1.29 is 33.0 Å². The average molecular weight is 723 g/mol. The Morgan fingerprint density at radius 2 is 1.64 bits per heavy atom. The summed E-state index contributed by atoms with van der Waals surface area (Å²) in [5, 5.41) is 8.60. The molecule has 5 aliphatic carbocycles. The maximum absolute atomic E-state index is 15.4. The lowest BCUT2D eigenvalue weighted by Gasteiger charge is -2.35. The monoisotopic (exact) mass is 722 g/mol. The Labute approximate surface area is 311 Å². The summed E-state index contributed by atoms with van der Waals surface area (Å²) >= 11 is 0. The lowest BCUT2D eigenvalue weighted by atomic mass is 9.73. The first-order valence-corrected chi connectivity index (χ1v) is 19.7. The fraction of sp³-hybridized carbons (Fsp3) is 0.523. The van der Waals surface area contributed by atoms with E-state index < -0.39 is 17.1 Å². The molecule has 0 radical (unpaired) electrons. The normalized spacial score (nSPS) is 28.2. The van der Waals surface area contributed by atoms with Crippen LogP contribution in [0.1, 0.15) is 87.1 Å². The number of nitrogens with one attached hydrogen (secondary N) is 2. The molecule has 4 saturated carbocycles. The number of allylic oxidation sites excluding steroid dienone is 1. The molecule has 1 unspecified atom stereocenters. The molecule has 280 valence electrons. The third-order valence-corrected chi connectivity index (χ3v) is 13.1. The Kier molecular flexibility index (Phi) is 9.94. The van der Waals surface area contributed by atoms with E-state index in [4.69, 9.17) is 14.2 Å². The summed E-state index contributed by atoms with van der Waals surface area (Å²) in [4.78, 5) is 40.9. The van der Waals surface area contributed by atoms with Crippen LogP contribution < -0.4 is 20.1 Å². The van der Waals surface area contributed by atoms with E-state index in [1.54, 1.807) is 0 Å². The highest BCUT2D eigenvalue weighted by Gasteiger charge is 2.49. The summed E-state index contributed by atoms with van der Waals surface area (Å²) in [6.45, 7) is 2.83. The highest BCUT2D eigenvalue weighted by molar-refractivity contribution is 5.98. The van der Waals surface area contributed by atoms with Crippen molar-refractivity contribution in [2.24, 2.45) is 40.9 Å². The third kappa shape index (κ3) is 7.28. The number of amides is 2. The minimum atomic E-state index is -0.679. The highest BCUT2D eigenvalue weighted by Crippen LogP contribution is 2.48. The Hall–Kier alpha value is -4.40. The molecule has 2 bridgehead atoms. The lowest BCUT2D eigenvalue weighted by Crippen LogP contribution is -2.50. The molecule has 3 aromatic rings. The van der Waals surface area contributed by atoms with Gasteiger partial charge in [0.25, 0.3) is 5.91 Å². The summed E-state index contributed by atoms with van der Waals surface area (Å²) in [5.41, 5.74) is 0.442. The number of halogens is 1. The predicted octanol–water partition coefficient (Wildman–Crippen LogP) is 7.92. The van der Waals surface area contributed by atoms with Crippen LogP contribution >= 0.6 is 0 Å². The molecule has 0 spiro atoms. The first kappa shape index (κ1) is 35.6. The van der Waals surface area contributed by atoms with Crippen LogP contribution in [-0.4, -0.2) is 43.6 Å². The molecule has 8 rings (SSSR count). The Balaban J connectivity index is 0.889. The summed E-state index contributed by atoms with van der Waals surface area (Å²) < 4.78 is 32.9. The molecule has 2 amide bonds. The predicted molar refractivity (Wildman–Crippen MR) is 200 cm³/mol.